The van der Waals surface area contributed by atoms with Gasteiger partial charge in [-0.15, -0.1) is 0 Å². The van der Waals surface area contributed by atoms with Crippen LogP contribution in [0, 0.1) is 0 Å². The van der Waals surface area contributed by atoms with Gasteiger partial charge >= 0.3 is 5.97 Å². The molecule has 6 nitrogen and oxygen atoms in total. The van der Waals surface area contributed by atoms with Crippen LogP contribution in [-0.4, -0.2) is 46.9 Å². The topological polar surface area (TPSA) is 77.9 Å². The van der Waals surface area contributed by atoms with Gasteiger partial charge in [0.15, 0.2) is 5.88 Å². The molecule has 4 rings (SSSR count). The number of carbonyl (C=O) groups is 1. The highest BCUT2D eigenvalue weighted by Crippen LogP contribution is 2.31. The number of aromatic amines is 1. The number of likely N-dealkylation sites (tertiary alicyclic amines) is 1. The molecular weight excluding hydrogens is 390 g/mol. The van der Waals surface area contributed by atoms with Crippen LogP contribution in [0.2, 0.25) is 0 Å². The number of ether oxygens (including phenoxy) is 1. The van der Waals surface area contributed by atoms with E-state index in [1.165, 1.54) is 45.0 Å². The van der Waals surface area contributed by atoms with Gasteiger partial charge in [-0.3, -0.25) is 9.89 Å². The largest absolute Gasteiger partial charge is 0.494 e. The van der Waals surface area contributed by atoms with Crippen LogP contribution < -0.4 is 0 Å². The molecule has 1 fully saturated rings. The number of piperidine rings is 1. The summed E-state index contributed by atoms with van der Waals surface area (Å²) in [5.74, 6) is -0.356. The first-order valence-electron chi connectivity index (χ1n) is 10.9. The zero-order valence-corrected chi connectivity index (χ0v) is 18.1. The van der Waals surface area contributed by atoms with Crippen LogP contribution in [0.1, 0.15) is 54.1 Å². The van der Waals surface area contributed by atoms with E-state index in [0.717, 1.165) is 23.3 Å². The monoisotopic (exact) mass is 419 g/mol. The van der Waals surface area contributed by atoms with Crippen LogP contribution in [0.5, 0.6) is 5.88 Å². The van der Waals surface area contributed by atoms with E-state index < -0.39 is 5.97 Å². The number of nitrogens with zero attached hydrogens (tertiary/aromatic N) is 2. The van der Waals surface area contributed by atoms with Crippen LogP contribution in [0.3, 0.4) is 0 Å². The molecule has 0 atom stereocenters. The molecule has 162 valence electrons. The second-order valence-electron chi connectivity index (χ2n) is 8.02. The number of aromatic hydroxyl groups is 1. The molecule has 1 saturated heterocycles. The normalized spacial score (nSPS) is 15.4. The van der Waals surface area contributed by atoms with Gasteiger partial charge in [0.2, 0.25) is 0 Å². The first kappa shape index (κ1) is 21.1. The highest BCUT2D eigenvalue weighted by atomic mass is 16.5. The van der Waals surface area contributed by atoms with E-state index >= 15 is 0 Å². The van der Waals surface area contributed by atoms with Gasteiger partial charge in [0.1, 0.15) is 0 Å². The van der Waals surface area contributed by atoms with E-state index in [2.05, 4.69) is 22.0 Å². The Kier molecular flexibility index (Phi) is 6.37. The number of esters is 1. The highest BCUT2D eigenvalue weighted by molar-refractivity contribution is 6.14. The number of rotatable bonds is 6. The zero-order valence-electron chi connectivity index (χ0n) is 18.1. The molecule has 0 aliphatic carbocycles. The third kappa shape index (κ3) is 4.64. The fraction of sp³-hybridized carbons (Fsp3) is 0.360. The van der Waals surface area contributed by atoms with Crippen molar-refractivity contribution in [1.82, 2.24) is 9.88 Å². The van der Waals surface area contributed by atoms with Gasteiger partial charge in [-0.05, 0) is 62.2 Å². The summed E-state index contributed by atoms with van der Waals surface area (Å²) in [7, 11) is 1.35. The smallest absolute Gasteiger partial charge is 0.337 e. The number of aliphatic imine (C=N–C) groups is 1. The molecule has 2 N–H and O–H groups in total. The molecule has 6 heteroatoms. The number of hydrogen-bond acceptors (Lipinski definition) is 5. The van der Waals surface area contributed by atoms with Crippen LogP contribution in [0.15, 0.2) is 47.5 Å². The Morgan fingerprint density at radius 2 is 1.87 bits per heavy atom. The van der Waals surface area contributed by atoms with Crippen molar-refractivity contribution in [2.75, 3.05) is 20.2 Å². The first-order valence-corrected chi connectivity index (χ1v) is 10.9. The third-order valence-electron chi connectivity index (χ3n) is 5.88. The number of fused-ring (bicyclic) bond motifs is 1. The lowest BCUT2D eigenvalue weighted by Gasteiger charge is -2.26. The SMILES string of the molecule is CCC(=Nc1ccc(CN2CCCCC2)cc1)c1c(O)[nH]c2cc(C(=O)OC)ccc12. The lowest BCUT2D eigenvalue weighted by molar-refractivity contribution is 0.0601. The number of carbonyl (C=O) groups excluding carboxylic acids is 1. The molecule has 0 bridgehead atoms. The minimum absolute atomic E-state index is 0.0549. The van der Waals surface area contributed by atoms with Gasteiger partial charge in [-0.1, -0.05) is 31.5 Å². The summed E-state index contributed by atoms with van der Waals surface area (Å²) in [4.78, 5) is 22.1. The van der Waals surface area contributed by atoms with Gasteiger partial charge < -0.3 is 14.8 Å². The van der Waals surface area contributed by atoms with Crippen LogP contribution >= 0.6 is 0 Å². The van der Waals surface area contributed by atoms with Crippen molar-refractivity contribution in [2.45, 2.75) is 39.2 Å². The molecule has 0 amide bonds. The van der Waals surface area contributed by atoms with Crippen molar-refractivity contribution in [3.8, 4) is 5.88 Å². The number of nitrogens with one attached hydrogen (secondary N) is 1. The number of benzene rings is 2. The second kappa shape index (κ2) is 9.35. The molecule has 1 aromatic heterocycles. The summed E-state index contributed by atoms with van der Waals surface area (Å²) in [6.45, 7) is 5.36. The van der Waals surface area contributed by atoms with Crippen LogP contribution in [0.4, 0.5) is 5.69 Å². The summed E-state index contributed by atoms with van der Waals surface area (Å²) in [6, 6.07) is 13.6. The van der Waals surface area contributed by atoms with Crippen LogP contribution in [-0.2, 0) is 11.3 Å². The van der Waals surface area contributed by atoms with E-state index in [1.54, 1.807) is 12.1 Å². The first-order chi connectivity index (χ1) is 15.1. The lowest BCUT2D eigenvalue weighted by Crippen LogP contribution is -2.28. The zero-order chi connectivity index (χ0) is 21.8. The Balaban J connectivity index is 1.60. The molecule has 3 aromatic rings. The maximum Gasteiger partial charge on any atom is 0.337 e. The molecule has 1 aliphatic rings. The molecule has 1 aliphatic heterocycles. The minimum atomic E-state index is -0.411. The van der Waals surface area contributed by atoms with Crippen molar-refractivity contribution >= 4 is 28.3 Å². The fourth-order valence-electron chi connectivity index (χ4n) is 4.24. The van der Waals surface area contributed by atoms with Crippen LogP contribution in [0.25, 0.3) is 10.9 Å². The summed E-state index contributed by atoms with van der Waals surface area (Å²) < 4.78 is 4.79. The highest BCUT2D eigenvalue weighted by Gasteiger charge is 2.17. The van der Waals surface area contributed by atoms with Gasteiger partial charge in [0.25, 0.3) is 0 Å². The van der Waals surface area contributed by atoms with Gasteiger partial charge in [-0.25, -0.2) is 4.79 Å². The van der Waals surface area contributed by atoms with Gasteiger partial charge in [0, 0.05) is 17.4 Å². The molecule has 0 saturated carbocycles. The Morgan fingerprint density at radius 1 is 1.13 bits per heavy atom. The summed E-state index contributed by atoms with van der Waals surface area (Å²) in [5.41, 5.74) is 4.73. The van der Waals surface area contributed by atoms with Crippen molar-refractivity contribution < 1.29 is 14.6 Å². The maximum absolute atomic E-state index is 11.8. The quantitative estimate of drug-likeness (QED) is 0.426. The van der Waals surface area contributed by atoms with Crippen molar-refractivity contribution in [3.63, 3.8) is 0 Å². The van der Waals surface area contributed by atoms with Crippen molar-refractivity contribution in [2.24, 2.45) is 4.99 Å². The number of methoxy groups -OCH3 is 1. The molecule has 0 unspecified atom stereocenters. The second-order valence-corrected chi connectivity index (χ2v) is 8.02. The molecule has 0 spiro atoms. The Bertz CT molecular complexity index is 1090. The maximum atomic E-state index is 11.8. The van der Waals surface area contributed by atoms with Gasteiger partial charge in [-0.2, -0.15) is 0 Å². The predicted molar refractivity (Wildman–Crippen MR) is 123 cm³/mol. The molecular formula is C25H29N3O3. The van der Waals surface area contributed by atoms with Crippen molar-refractivity contribution in [1.29, 1.82) is 0 Å². The fourth-order valence-corrected chi connectivity index (χ4v) is 4.24. The predicted octanol–water partition coefficient (Wildman–Crippen LogP) is 5.18. The average molecular weight is 420 g/mol. The number of H-pyrrole nitrogens is 1. The minimum Gasteiger partial charge on any atom is -0.494 e. The lowest BCUT2D eigenvalue weighted by atomic mass is 10.0. The third-order valence-corrected chi connectivity index (χ3v) is 5.88. The standard InChI is InChI=1S/C25H29N3O3/c1-3-21(23-20-12-9-18(25(30)31-2)15-22(20)27-24(23)29)26-19-10-7-17(8-11-19)16-28-13-5-4-6-14-28/h7-12,15,27,29H,3-6,13-14,16H2,1-2H3. The van der Waals surface area contributed by atoms with E-state index in [0.29, 0.717) is 23.1 Å². The van der Waals surface area contributed by atoms with Gasteiger partial charge in [0.05, 0.1) is 29.6 Å². The number of aromatic nitrogens is 1. The Labute approximate surface area is 182 Å². The molecule has 31 heavy (non-hydrogen) atoms. The van der Waals surface area contributed by atoms with E-state index in [1.807, 2.05) is 25.1 Å². The molecule has 2 heterocycles. The average Bonchev–Trinajstić information content (AvgIpc) is 3.13. The molecule has 2 aromatic carbocycles. The van der Waals surface area contributed by atoms with E-state index in [-0.39, 0.29) is 5.88 Å². The summed E-state index contributed by atoms with van der Waals surface area (Å²) in [5, 5.41) is 11.4. The number of hydrogen-bond donors (Lipinski definition) is 2. The Morgan fingerprint density at radius 3 is 2.55 bits per heavy atom. The summed E-state index contributed by atoms with van der Waals surface area (Å²) >= 11 is 0. The Hall–Kier alpha value is -3.12. The van der Waals surface area contributed by atoms with Crippen molar-refractivity contribution in [3.05, 3.63) is 59.2 Å². The van der Waals surface area contributed by atoms with E-state index in [9.17, 15) is 9.90 Å². The van der Waals surface area contributed by atoms with E-state index in [4.69, 9.17) is 9.73 Å². The molecule has 0 radical (unpaired) electrons. The summed E-state index contributed by atoms with van der Waals surface area (Å²) in [6.07, 6.45) is 4.58.